The minimum atomic E-state index is -0.278. The monoisotopic (exact) mass is 194 g/mol. The molecule has 5 heteroatoms. The number of carbonyl (C=O) groups is 1. The third-order valence-electron chi connectivity index (χ3n) is 1.85. The third-order valence-corrected chi connectivity index (χ3v) is 1.85. The maximum absolute atomic E-state index is 11.0. The second kappa shape index (κ2) is 5.35. The summed E-state index contributed by atoms with van der Waals surface area (Å²) in [6.45, 7) is 0.498. The molecule has 1 heterocycles. The van der Waals surface area contributed by atoms with E-state index in [9.17, 15) is 4.79 Å². The SMILES string of the molecule is CNC(=O)[C@@H]1CC[C@@H](N)CO1.Cl. The Bertz CT molecular complexity index is 146. The lowest BCUT2D eigenvalue weighted by Crippen LogP contribution is -2.42. The summed E-state index contributed by atoms with van der Waals surface area (Å²) < 4.78 is 5.21. The summed E-state index contributed by atoms with van der Waals surface area (Å²) in [4.78, 5) is 11.0. The Morgan fingerprint density at radius 3 is 2.67 bits per heavy atom. The first-order valence-electron chi connectivity index (χ1n) is 3.83. The molecule has 0 aromatic rings. The highest BCUT2D eigenvalue weighted by Gasteiger charge is 2.23. The fourth-order valence-corrected chi connectivity index (χ4v) is 1.14. The highest BCUT2D eigenvalue weighted by atomic mass is 35.5. The van der Waals surface area contributed by atoms with E-state index in [1.807, 2.05) is 0 Å². The van der Waals surface area contributed by atoms with Crippen LogP contribution in [0.4, 0.5) is 0 Å². The number of nitrogens with one attached hydrogen (secondary N) is 1. The molecular weight excluding hydrogens is 180 g/mol. The highest BCUT2D eigenvalue weighted by molar-refractivity contribution is 5.85. The number of rotatable bonds is 1. The molecule has 0 aliphatic carbocycles. The van der Waals surface area contributed by atoms with E-state index in [-0.39, 0.29) is 30.5 Å². The molecular formula is C7H15ClN2O2. The number of hydrogen-bond donors (Lipinski definition) is 2. The smallest absolute Gasteiger partial charge is 0.248 e. The second-order valence-corrected chi connectivity index (χ2v) is 2.77. The van der Waals surface area contributed by atoms with E-state index in [1.165, 1.54) is 0 Å². The van der Waals surface area contributed by atoms with Crippen molar-refractivity contribution in [2.45, 2.75) is 25.0 Å². The van der Waals surface area contributed by atoms with Crippen molar-refractivity contribution in [2.24, 2.45) is 5.73 Å². The number of nitrogens with two attached hydrogens (primary N) is 1. The van der Waals surface area contributed by atoms with Crippen LogP contribution in [0.1, 0.15) is 12.8 Å². The molecule has 2 atom stereocenters. The van der Waals surface area contributed by atoms with Gasteiger partial charge in [-0.1, -0.05) is 0 Å². The van der Waals surface area contributed by atoms with Gasteiger partial charge in [0.2, 0.25) is 5.91 Å². The van der Waals surface area contributed by atoms with Gasteiger partial charge in [-0.15, -0.1) is 12.4 Å². The normalized spacial score (nSPS) is 28.8. The lowest BCUT2D eigenvalue weighted by atomic mass is 10.1. The quantitative estimate of drug-likeness (QED) is 0.601. The fraction of sp³-hybridized carbons (Fsp3) is 0.857. The van der Waals surface area contributed by atoms with Crippen molar-refractivity contribution in [3.63, 3.8) is 0 Å². The molecule has 72 valence electrons. The number of amides is 1. The van der Waals surface area contributed by atoms with E-state index in [2.05, 4.69) is 5.32 Å². The van der Waals surface area contributed by atoms with Crippen LogP contribution in [0.3, 0.4) is 0 Å². The molecule has 0 aromatic heterocycles. The van der Waals surface area contributed by atoms with Crippen LogP contribution in [0, 0.1) is 0 Å². The molecule has 1 aliphatic heterocycles. The van der Waals surface area contributed by atoms with Crippen LogP contribution in [0.5, 0.6) is 0 Å². The maximum atomic E-state index is 11.0. The minimum absolute atomic E-state index is 0. The zero-order valence-corrected chi connectivity index (χ0v) is 7.89. The molecule has 1 amide bonds. The Labute approximate surface area is 78.2 Å². The summed E-state index contributed by atoms with van der Waals surface area (Å²) in [6.07, 6.45) is 1.33. The van der Waals surface area contributed by atoms with Gasteiger partial charge < -0.3 is 15.8 Å². The zero-order chi connectivity index (χ0) is 8.27. The average molecular weight is 195 g/mol. The lowest BCUT2D eigenvalue weighted by Gasteiger charge is -2.25. The van der Waals surface area contributed by atoms with Crippen LogP contribution in [-0.4, -0.2) is 31.7 Å². The van der Waals surface area contributed by atoms with Crippen molar-refractivity contribution in [1.29, 1.82) is 0 Å². The first kappa shape index (κ1) is 11.7. The molecule has 0 spiro atoms. The number of hydrogen-bond acceptors (Lipinski definition) is 3. The average Bonchev–Trinajstić information content (AvgIpc) is 2.05. The summed E-state index contributed by atoms with van der Waals surface area (Å²) in [5.41, 5.74) is 5.58. The Balaban J connectivity index is 0.00000121. The van der Waals surface area contributed by atoms with E-state index in [0.717, 1.165) is 12.8 Å². The molecule has 0 bridgehead atoms. The third kappa shape index (κ3) is 2.97. The predicted molar refractivity (Wildman–Crippen MR) is 48.3 cm³/mol. The van der Waals surface area contributed by atoms with Gasteiger partial charge in [-0.3, -0.25) is 4.79 Å². The van der Waals surface area contributed by atoms with Crippen molar-refractivity contribution in [1.82, 2.24) is 5.32 Å². The van der Waals surface area contributed by atoms with Crippen LogP contribution in [-0.2, 0) is 9.53 Å². The summed E-state index contributed by atoms with van der Waals surface area (Å²) >= 11 is 0. The second-order valence-electron chi connectivity index (χ2n) is 2.77. The van der Waals surface area contributed by atoms with Gasteiger partial charge in [-0.25, -0.2) is 0 Å². The molecule has 12 heavy (non-hydrogen) atoms. The van der Waals surface area contributed by atoms with Crippen molar-refractivity contribution in [2.75, 3.05) is 13.7 Å². The van der Waals surface area contributed by atoms with Crippen LogP contribution in [0.2, 0.25) is 0 Å². The van der Waals surface area contributed by atoms with Crippen molar-refractivity contribution in [3.8, 4) is 0 Å². The van der Waals surface area contributed by atoms with E-state index in [0.29, 0.717) is 6.61 Å². The van der Waals surface area contributed by atoms with Gasteiger partial charge in [-0.2, -0.15) is 0 Å². The van der Waals surface area contributed by atoms with Crippen LogP contribution >= 0.6 is 12.4 Å². The molecule has 3 N–H and O–H groups in total. The molecule has 1 rings (SSSR count). The molecule has 1 aliphatic rings. The van der Waals surface area contributed by atoms with E-state index >= 15 is 0 Å². The predicted octanol–water partition coefficient (Wildman–Crippen LogP) is -0.340. The largest absolute Gasteiger partial charge is 0.367 e. The Hall–Kier alpha value is -0.320. The fourth-order valence-electron chi connectivity index (χ4n) is 1.14. The van der Waals surface area contributed by atoms with Crippen molar-refractivity contribution >= 4 is 18.3 Å². The topological polar surface area (TPSA) is 64.4 Å². The summed E-state index contributed by atoms with van der Waals surface area (Å²) in [5, 5.41) is 2.54. The summed E-state index contributed by atoms with van der Waals surface area (Å²) in [6, 6.07) is 0.107. The lowest BCUT2D eigenvalue weighted by molar-refractivity contribution is -0.135. The number of carbonyl (C=O) groups excluding carboxylic acids is 1. The van der Waals surface area contributed by atoms with Gasteiger partial charge in [0.25, 0.3) is 0 Å². The number of halogens is 1. The highest BCUT2D eigenvalue weighted by Crippen LogP contribution is 2.11. The van der Waals surface area contributed by atoms with Gasteiger partial charge in [0.1, 0.15) is 6.10 Å². The molecule has 0 unspecified atom stereocenters. The molecule has 0 aromatic carbocycles. The van der Waals surface area contributed by atoms with Gasteiger partial charge in [0.15, 0.2) is 0 Å². The van der Waals surface area contributed by atoms with Crippen LogP contribution < -0.4 is 11.1 Å². The first-order chi connectivity index (χ1) is 5.24. The van der Waals surface area contributed by atoms with E-state index in [4.69, 9.17) is 10.5 Å². The number of ether oxygens (including phenoxy) is 1. The minimum Gasteiger partial charge on any atom is -0.367 e. The molecule has 4 nitrogen and oxygen atoms in total. The molecule has 1 saturated heterocycles. The first-order valence-corrected chi connectivity index (χ1v) is 3.83. The molecule has 0 radical (unpaired) electrons. The van der Waals surface area contributed by atoms with Crippen molar-refractivity contribution in [3.05, 3.63) is 0 Å². The van der Waals surface area contributed by atoms with Gasteiger partial charge in [0.05, 0.1) is 6.61 Å². The maximum Gasteiger partial charge on any atom is 0.248 e. The standard InChI is InChI=1S/C7H14N2O2.ClH/c1-9-7(10)6-3-2-5(8)4-11-6;/h5-6H,2-4,8H2,1H3,(H,9,10);1H/t5-,6+;/m1./s1. The number of likely N-dealkylation sites (N-methyl/N-ethyl adjacent to an activating group) is 1. The summed E-state index contributed by atoms with van der Waals surface area (Å²) in [7, 11) is 1.61. The van der Waals surface area contributed by atoms with Gasteiger partial charge in [0, 0.05) is 13.1 Å². The zero-order valence-electron chi connectivity index (χ0n) is 7.08. The van der Waals surface area contributed by atoms with Crippen molar-refractivity contribution < 1.29 is 9.53 Å². The van der Waals surface area contributed by atoms with E-state index in [1.54, 1.807) is 7.05 Å². The Morgan fingerprint density at radius 2 is 2.25 bits per heavy atom. The molecule has 1 fully saturated rings. The Morgan fingerprint density at radius 1 is 1.58 bits per heavy atom. The van der Waals surface area contributed by atoms with Crippen LogP contribution in [0.15, 0.2) is 0 Å². The van der Waals surface area contributed by atoms with Gasteiger partial charge >= 0.3 is 0 Å². The van der Waals surface area contributed by atoms with Gasteiger partial charge in [-0.05, 0) is 12.8 Å². The Kier molecular flexibility index (Phi) is 5.20. The van der Waals surface area contributed by atoms with Crippen LogP contribution in [0.25, 0.3) is 0 Å². The summed E-state index contributed by atoms with van der Waals surface area (Å²) in [5.74, 6) is -0.0445. The van der Waals surface area contributed by atoms with E-state index < -0.39 is 0 Å². The molecule has 0 saturated carbocycles.